The molecule has 0 aromatic rings. The Kier molecular flexibility index (Phi) is 13.9. The van der Waals surface area contributed by atoms with Gasteiger partial charge in [-0.2, -0.15) is 0 Å². The van der Waals surface area contributed by atoms with Gasteiger partial charge in [0.15, 0.2) is 0 Å². The van der Waals surface area contributed by atoms with E-state index in [1.807, 2.05) is 0 Å². The Balaban J connectivity index is 0.000000400. The number of ether oxygens (including phenoxy) is 1. The molecule has 1 rings (SSSR count). The van der Waals surface area contributed by atoms with Gasteiger partial charge in [0.2, 0.25) is 5.91 Å². The average Bonchev–Trinajstić information content (AvgIpc) is 2.46. The first-order valence-corrected chi connectivity index (χ1v) is 8.64. The first-order chi connectivity index (χ1) is 10.1. The maximum atomic E-state index is 10.6. The van der Waals surface area contributed by atoms with E-state index in [9.17, 15) is 4.79 Å². The Bertz CT molecular complexity index is 241. The molecule has 4 nitrogen and oxygen atoms in total. The zero-order valence-corrected chi connectivity index (χ0v) is 14.6. The topological polar surface area (TPSA) is 41.6 Å². The predicted molar refractivity (Wildman–Crippen MR) is 89.6 cm³/mol. The Labute approximate surface area is 131 Å². The van der Waals surface area contributed by atoms with Crippen molar-refractivity contribution in [1.29, 1.82) is 0 Å². The number of hydrogen-bond acceptors (Lipinski definition) is 3. The van der Waals surface area contributed by atoms with Crippen LogP contribution in [0.2, 0.25) is 0 Å². The number of nitrogens with zero attached hydrogens (tertiary/aromatic N) is 1. The van der Waals surface area contributed by atoms with Crippen molar-refractivity contribution in [2.24, 2.45) is 0 Å². The fourth-order valence-corrected chi connectivity index (χ4v) is 2.28. The largest absolute Gasteiger partial charge is 0.374 e. The maximum Gasteiger partial charge on any atom is 0.216 e. The number of carbonyl (C=O) groups excluding carboxylic acids is 1. The second-order valence-corrected chi connectivity index (χ2v) is 5.96. The minimum absolute atomic E-state index is 0.00632. The Morgan fingerprint density at radius 3 is 2.19 bits per heavy atom. The molecule has 1 amide bonds. The van der Waals surface area contributed by atoms with Crippen LogP contribution in [0.3, 0.4) is 0 Å². The first kappa shape index (κ1) is 20.4. The van der Waals surface area contributed by atoms with Crippen molar-refractivity contribution >= 4 is 5.91 Å². The van der Waals surface area contributed by atoms with Crippen LogP contribution >= 0.6 is 0 Å². The number of nitrogens with one attached hydrogen (secondary N) is 1. The molecule has 0 radical (unpaired) electrons. The van der Waals surface area contributed by atoms with Crippen molar-refractivity contribution in [2.75, 3.05) is 33.3 Å². The van der Waals surface area contributed by atoms with Crippen LogP contribution in [0.4, 0.5) is 0 Å². The molecular formula is C17H36N2O2. The number of amides is 1. The lowest BCUT2D eigenvalue weighted by atomic mass is 10.1. The summed E-state index contributed by atoms with van der Waals surface area (Å²) in [7, 11) is 2.06. The predicted octanol–water partition coefficient (Wildman–Crippen LogP) is 3.21. The zero-order valence-electron chi connectivity index (χ0n) is 14.6. The molecule has 1 N–H and O–H groups in total. The van der Waals surface area contributed by atoms with Gasteiger partial charge >= 0.3 is 0 Å². The maximum absolute atomic E-state index is 10.6. The van der Waals surface area contributed by atoms with Crippen molar-refractivity contribution in [3.8, 4) is 0 Å². The van der Waals surface area contributed by atoms with Crippen molar-refractivity contribution in [3.63, 3.8) is 0 Å². The van der Waals surface area contributed by atoms with E-state index in [2.05, 4.69) is 31.1 Å². The summed E-state index contributed by atoms with van der Waals surface area (Å²) in [5.74, 6) is 0.00632. The minimum Gasteiger partial charge on any atom is -0.374 e. The lowest BCUT2D eigenvalue weighted by molar-refractivity contribution is -0.120. The lowest BCUT2D eigenvalue weighted by Crippen LogP contribution is -2.45. The molecule has 1 aliphatic rings. The molecule has 0 aliphatic carbocycles. The Hall–Kier alpha value is -0.610. The van der Waals surface area contributed by atoms with Crippen LogP contribution in [0, 0.1) is 0 Å². The molecule has 1 fully saturated rings. The van der Waals surface area contributed by atoms with Gasteiger partial charge in [0.25, 0.3) is 0 Å². The van der Waals surface area contributed by atoms with Crippen LogP contribution in [0.5, 0.6) is 0 Å². The van der Waals surface area contributed by atoms with Gasteiger partial charge in [0, 0.05) is 26.6 Å². The molecule has 21 heavy (non-hydrogen) atoms. The third-order valence-electron chi connectivity index (χ3n) is 3.63. The molecule has 0 bridgehead atoms. The fraction of sp³-hybridized carbons (Fsp3) is 0.941. The van der Waals surface area contributed by atoms with E-state index in [0.717, 1.165) is 19.7 Å². The highest BCUT2D eigenvalue weighted by Crippen LogP contribution is 2.05. The highest BCUT2D eigenvalue weighted by atomic mass is 16.5. The second kappa shape index (κ2) is 14.3. The molecule has 1 heterocycles. The summed E-state index contributed by atoms with van der Waals surface area (Å²) in [4.78, 5) is 12.8. The average molecular weight is 300 g/mol. The summed E-state index contributed by atoms with van der Waals surface area (Å²) in [6.07, 6.45) is 10.1. The van der Waals surface area contributed by atoms with E-state index >= 15 is 0 Å². The van der Waals surface area contributed by atoms with Crippen LogP contribution in [0.25, 0.3) is 0 Å². The van der Waals surface area contributed by atoms with Gasteiger partial charge in [-0.25, -0.2) is 0 Å². The molecule has 0 spiro atoms. The third-order valence-corrected chi connectivity index (χ3v) is 3.63. The molecule has 0 aromatic heterocycles. The summed E-state index contributed by atoms with van der Waals surface area (Å²) in [5, 5.41) is 2.75. The molecule has 0 aromatic carbocycles. The first-order valence-electron chi connectivity index (χ1n) is 8.64. The highest BCUT2D eigenvalue weighted by molar-refractivity contribution is 5.72. The molecule has 1 aliphatic heterocycles. The molecule has 1 saturated heterocycles. The van der Waals surface area contributed by atoms with Gasteiger partial charge in [0.1, 0.15) is 0 Å². The summed E-state index contributed by atoms with van der Waals surface area (Å²) < 4.78 is 5.44. The van der Waals surface area contributed by atoms with Crippen molar-refractivity contribution in [3.05, 3.63) is 0 Å². The van der Waals surface area contributed by atoms with E-state index in [0.29, 0.717) is 6.54 Å². The van der Waals surface area contributed by atoms with Crippen molar-refractivity contribution < 1.29 is 9.53 Å². The van der Waals surface area contributed by atoms with E-state index in [-0.39, 0.29) is 12.0 Å². The minimum atomic E-state index is 0.00632. The van der Waals surface area contributed by atoms with Crippen LogP contribution in [0.1, 0.15) is 65.7 Å². The number of likely N-dealkylation sites (N-methyl/N-ethyl adjacent to an activating group) is 1. The third kappa shape index (κ3) is 14.1. The number of hydrogen-bond donors (Lipinski definition) is 1. The molecule has 4 heteroatoms. The number of unbranched alkanes of at least 4 members (excludes halogenated alkanes) is 6. The van der Waals surface area contributed by atoms with Crippen molar-refractivity contribution in [2.45, 2.75) is 71.8 Å². The molecule has 126 valence electrons. The zero-order chi connectivity index (χ0) is 15.9. The van der Waals surface area contributed by atoms with Crippen LogP contribution < -0.4 is 5.32 Å². The quantitative estimate of drug-likeness (QED) is 0.700. The SMILES string of the molecule is CC(=O)NCC1CN(C)CCO1.CCCCCCCCC. The van der Waals surface area contributed by atoms with Gasteiger partial charge < -0.3 is 15.0 Å². The van der Waals surface area contributed by atoms with E-state index in [1.165, 1.54) is 51.9 Å². The van der Waals surface area contributed by atoms with Crippen LogP contribution in [-0.2, 0) is 9.53 Å². The molecule has 1 unspecified atom stereocenters. The normalized spacial score (nSPS) is 18.8. The summed E-state index contributed by atoms with van der Waals surface area (Å²) in [6, 6.07) is 0. The summed E-state index contributed by atoms with van der Waals surface area (Å²) >= 11 is 0. The highest BCUT2D eigenvalue weighted by Gasteiger charge is 2.17. The number of carbonyl (C=O) groups is 1. The van der Waals surface area contributed by atoms with Crippen LogP contribution in [-0.4, -0.2) is 50.2 Å². The van der Waals surface area contributed by atoms with Crippen molar-refractivity contribution in [1.82, 2.24) is 10.2 Å². The smallest absolute Gasteiger partial charge is 0.216 e. The van der Waals surface area contributed by atoms with Gasteiger partial charge in [-0.1, -0.05) is 58.8 Å². The number of morpholine rings is 1. The summed E-state index contributed by atoms with van der Waals surface area (Å²) in [5.41, 5.74) is 0. The fourth-order valence-electron chi connectivity index (χ4n) is 2.28. The number of rotatable bonds is 8. The van der Waals surface area contributed by atoms with Gasteiger partial charge in [-0.15, -0.1) is 0 Å². The molecule has 1 atom stereocenters. The standard InChI is InChI=1S/C9H20.C8H16N2O2/c1-3-5-7-9-8-6-4-2;1-7(11)9-5-8-6-10(2)3-4-12-8/h3-9H2,1-2H3;8H,3-6H2,1-2H3,(H,9,11). The van der Waals surface area contributed by atoms with E-state index in [4.69, 9.17) is 4.74 Å². The monoisotopic (exact) mass is 300 g/mol. The summed E-state index contributed by atoms with van der Waals surface area (Å²) in [6.45, 7) is 9.32. The van der Waals surface area contributed by atoms with Crippen LogP contribution in [0.15, 0.2) is 0 Å². The van der Waals surface area contributed by atoms with E-state index < -0.39 is 0 Å². The molecular weight excluding hydrogens is 264 g/mol. The Morgan fingerprint density at radius 1 is 1.14 bits per heavy atom. The lowest BCUT2D eigenvalue weighted by Gasteiger charge is -2.29. The van der Waals surface area contributed by atoms with Gasteiger partial charge in [0.05, 0.1) is 12.7 Å². The van der Waals surface area contributed by atoms with E-state index in [1.54, 1.807) is 0 Å². The second-order valence-electron chi connectivity index (χ2n) is 5.96. The molecule has 0 saturated carbocycles. The van der Waals surface area contributed by atoms with Gasteiger partial charge in [-0.05, 0) is 7.05 Å². The van der Waals surface area contributed by atoms with Gasteiger partial charge in [-0.3, -0.25) is 4.79 Å². The Morgan fingerprint density at radius 2 is 1.71 bits per heavy atom.